The molecule has 1 aliphatic rings. The van der Waals surface area contributed by atoms with Crippen molar-refractivity contribution in [3.05, 3.63) is 59.9 Å². The Kier molecular flexibility index (Phi) is 4.39. The van der Waals surface area contributed by atoms with Crippen molar-refractivity contribution in [3.63, 3.8) is 0 Å². The van der Waals surface area contributed by atoms with Gasteiger partial charge in [0.05, 0.1) is 5.71 Å². The summed E-state index contributed by atoms with van der Waals surface area (Å²) in [6.45, 7) is 0. The van der Waals surface area contributed by atoms with E-state index in [1.807, 2.05) is 18.2 Å². The molecule has 22 heavy (non-hydrogen) atoms. The number of urea groups is 1. The Morgan fingerprint density at radius 1 is 1.18 bits per heavy atom. The lowest BCUT2D eigenvalue weighted by Gasteiger charge is -2.17. The molecular weight excluding hydrogens is 301 g/mol. The summed E-state index contributed by atoms with van der Waals surface area (Å²) in [5.41, 5.74) is 4.59. The summed E-state index contributed by atoms with van der Waals surface area (Å²) in [5, 5.41) is 6.82. The first-order chi connectivity index (χ1) is 10.7. The van der Waals surface area contributed by atoms with Gasteiger partial charge in [0.1, 0.15) is 5.82 Å². The smallest absolute Gasteiger partial charge is 0.307 e. The van der Waals surface area contributed by atoms with Gasteiger partial charge < -0.3 is 5.32 Å². The van der Waals surface area contributed by atoms with Gasteiger partial charge in [-0.3, -0.25) is 0 Å². The van der Waals surface area contributed by atoms with Crippen molar-refractivity contribution in [3.8, 4) is 0 Å². The third-order valence-corrected chi connectivity index (χ3v) is 4.25. The van der Waals surface area contributed by atoms with Gasteiger partial charge in [-0.15, -0.1) is 11.8 Å². The molecule has 3 rings (SSSR count). The molecule has 0 radical (unpaired) electrons. The number of thioether (sulfide) groups is 1. The number of amides is 2. The molecule has 0 atom stereocenters. The summed E-state index contributed by atoms with van der Waals surface area (Å²) in [5.74, 6) is 0.557. The van der Waals surface area contributed by atoms with E-state index in [1.54, 1.807) is 30.0 Å². The fraction of sp³-hybridized carbons (Fsp3) is 0.125. The summed E-state index contributed by atoms with van der Waals surface area (Å²) in [4.78, 5) is 12.8. The minimum absolute atomic E-state index is 0.303. The number of hydrazone groups is 1. The van der Waals surface area contributed by atoms with Crippen molar-refractivity contribution in [2.45, 2.75) is 11.3 Å². The molecule has 0 spiro atoms. The van der Waals surface area contributed by atoms with Crippen molar-refractivity contribution in [1.82, 2.24) is 5.43 Å². The van der Waals surface area contributed by atoms with E-state index in [-0.39, 0.29) is 5.82 Å². The monoisotopic (exact) mass is 315 g/mol. The normalized spacial score (nSPS) is 15.2. The molecule has 2 aromatic rings. The number of carbonyl (C=O) groups is 1. The van der Waals surface area contributed by atoms with Gasteiger partial charge in [0.25, 0.3) is 0 Å². The molecule has 2 amide bonds. The number of para-hydroxylation sites is 1. The van der Waals surface area contributed by atoms with Crippen LogP contribution in [0.25, 0.3) is 0 Å². The molecule has 6 heteroatoms. The van der Waals surface area contributed by atoms with Crippen molar-refractivity contribution in [1.29, 1.82) is 0 Å². The Bertz CT molecular complexity index is 719. The second-order valence-electron chi connectivity index (χ2n) is 4.73. The molecule has 0 saturated carbocycles. The van der Waals surface area contributed by atoms with Crippen molar-refractivity contribution in [2.24, 2.45) is 5.10 Å². The zero-order valence-corrected chi connectivity index (χ0v) is 12.5. The SMILES string of the molecule is O=C(N/N=C1\CCSc2ccc(F)cc21)Nc1ccccc1. The number of nitrogens with zero attached hydrogens (tertiary/aromatic N) is 1. The quantitative estimate of drug-likeness (QED) is 0.827. The molecular formula is C16H14FN3OS. The topological polar surface area (TPSA) is 53.5 Å². The molecule has 0 saturated heterocycles. The van der Waals surface area contributed by atoms with E-state index in [9.17, 15) is 9.18 Å². The highest BCUT2D eigenvalue weighted by Gasteiger charge is 2.17. The van der Waals surface area contributed by atoms with Crippen LogP contribution in [0.3, 0.4) is 0 Å². The van der Waals surface area contributed by atoms with Gasteiger partial charge in [-0.25, -0.2) is 14.6 Å². The third kappa shape index (κ3) is 3.46. The van der Waals surface area contributed by atoms with Crippen molar-refractivity contribution in [2.75, 3.05) is 11.1 Å². The molecule has 0 aliphatic carbocycles. The van der Waals surface area contributed by atoms with Crippen LogP contribution in [0.2, 0.25) is 0 Å². The average molecular weight is 315 g/mol. The van der Waals surface area contributed by atoms with E-state index in [1.165, 1.54) is 12.1 Å². The maximum atomic E-state index is 13.4. The van der Waals surface area contributed by atoms with E-state index in [0.717, 1.165) is 16.2 Å². The first-order valence-corrected chi connectivity index (χ1v) is 7.82. The number of fused-ring (bicyclic) bond motifs is 1. The molecule has 0 fully saturated rings. The van der Waals surface area contributed by atoms with Crippen LogP contribution in [0.1, 0.15) is 12.0 Å². The van der Waals surface area contributed by atoms with Gasteiger partial charge in [-0.05, 0) is 30.3 Å². The number of carbonyl (C=O) groups excluding carboxylic acids is 1. The van der Waals surface area contributed by atoms with Crippen LogP contribution in [0.4, 0.5) is 14.9 Å². The van der Waals surface area contributed by atoms with Gasteiger partial charge in [0.15, 0.2) is 0 Å². The Labute approximate surface area is 131 Å². The highest BCUT2D eigenvalue weighted by molar-refractivity contribution is 7.99. The van der Waals surface area contributed by atoms with Crippen LogP contribution >= 0.6 is 11.8 Å². The van der Waals surface area contributed by atoms with Crippen molar-refractivity contribution >= 4 is 29.2 Å². The van der Waals surface area contributed by atoms with Gasteiger partial charge in [0.2, 0.25) is 0 Å². The largest absolute Gasteiger partial charge is 0.339 e. The molecule has 2 N–H and O–H groups in total. The van der Waals surface area contributed by atoms with Gasteiger partial charge in [-0.2, -0.15) is 5.10 Å². The van der Waals surface area contributed by atoms with E-state index >= 15 is 0 Å². The lowest BCUT2D eigenvalue weighted by Crippen LogP contribution is -2.26. The van der Waals surface area contributed by atoms with Crippen LogP contribution in [-0.2, 0) is 0 Å². The molecule has 0 aromatic heterocycles. The Morgan fingerprint density at radius 3 is 2.82 bits per heavy atom. The van der Waals surface area contributed by atoms with Crippen LogP contribution in [0.5, 0.6) is 0 Å². The minimum atomic E-state index is -0.421. The standard InChI is InChI=1S/C16H14FN3OS/c17-11-6-7-15-13(10-11)14(8-9-22-15)19-20-16(21)18-12-4-2-1-3-5-12/h1-7,10H,8-9H2,(H2,18,20,21)/b19-14+. The zero-order valence-electron chi connectivity index (χ0n) is 11.7. The molecule has 0 bridgehead atoms. The fourth-order valence-corrected chi connectivity index (χ4v) is 3.17. The summed E-state index contributed by atoms with van der Waals surface area (Å²) in [6.07, 6.45) is 0.687. The van der Waals surface area contributed by atoms with E-state index in [4.69, 9.17) is 0 Å². The second kappa shape index (κ2) is 6.62. The number of hydrogen-bond acceptors (Lipinski definition) is 3. The summed E-state index contributed by atoms with van der Waals surface area (Å²) in [6, 6.07) is 13.3. The van der Waals surface area contributed by atoms with Gasteiger partial charge in [0, 0.05) is 28.3 Å². The van der Waals surface area contributed by atoms with Crippen LogP contribution in [-0.4, -0.2) is 17.5 Å². The maximum Gasteiger partial charge on any atom is 0.339 e. The van der Waals surface area contributed by atoms with E-state index < -0.39 is 6.03 Å². The molecule has 112 valence electrons. The molecule has 4 nitrogen and oxygen atoms in total. The van der Waals surface area contributed by atoms with E-state index in [0.29, 0.717) is 17.8 Å². The van der Waals surface area contributed by atoms with Crippen LogP contribution in [0, 0.1) is 5.82 Å². The van der Waals surface area contributed by atoms with Crippen LogP contribution in [0.15, 0.2) is 58.5 Å². The van der Waals surface area contributed by atoms with Gasteiger partial charge >= 0.3 is 6.03 Å². The zero-order chi connectivity index (χ0) is 15.4. The lowest BCUT2D eigenvalue weighted by atomic mass is 10.1. The number of benzene rings is 2. The highest BCUT2D eigenvalue weighted by atomic mass is 32.2. The summed E-state index contributed by atoms with van der Waals surface area (Å²) in [7, 11) is 0. The minimum Gasteiger partial charge on any atom is -0.307 e. The summed E-state index contributed by atoms with van der Waals surface area (Å²) < 4.78 is 13.4. The third-order valence-electron chi connectivity index (χ3n) is 3.17. The predicted octanol–water partition coefficient (Wildman–Crippen LogP) is 3.85. The molecule has 1 heterocycles. The Hall–Kier alpha value is -2.34. The fourth-order valence-electron chi connectivity index (χ4n) is 2.16. The molecule has 2 aromatic carbocycles. The Balaban J connectivity index is 1.71. The number of hydrogen-bond donors (Lipinski definition) is 2. The number of nitrogens with one attached hydrogen (secondary N) is 2. The summed E-state index contributed by atoms with van der Waals surface area (Å²) >= 11 is 1.66. The average Bonchev–Trinajstić information content (AvgIpc) is 2.54. The highest BCUT2D eigenvalue weighted by Crippen LogP contribution is 2.30. The number of halogens is 1. The van der Waals surface area contributed by atoms with E-state index in [2.05, 4.69) is 15.8 Å². The number of anilines is 1. The number of rotatable bonds is 2. The molecule has 0 unspecified atom stereocenters. The first-order valence-electron chi connectivity index (χ1n) is 6.84. The molecule has 1 aliphatic heterocycles. The Morgan fingerprint density at radius 2 is 2.00 bits per heavy atom. The van der Waals surface area contributed by atoms with Crippen molar-refractivity contribution < 1.29 is 9.18 Å². The first kappa shape index (κ1) is 14.6. The predicted molar refractivity (Wildman–Crippen MR) is 86.9 cm³/mol. The lowest BCUT2D eigenvalue weighted by molar-refractivity contribution is 0.252. The van der Waals surface area contributed by atoms with Crippen LogP contribution < -0.4 is 10.7 Å². The van der Waals surface area contributed by atoms with Gasteiger partial charge in [-0.1, -0.05) is 18.2 Å². The maximum absolute atomic E-state index is 13.4. The second-order valence-corrected chi connectivity index (χ2v) is 5.87.